The van der Waals surface area contributed by atoms with E-state index in [1.807, 2.05) is 0 Å². The summed E-state index contributed by atoms with van der Waals surface area (Å²) in [5, 5.41) is 19.3. The van der Waals surface area contributed by atoms with Crippen LogP contribution in [0, 0.1) is 0 Å². The van der Waals surface area contributed by atoms with Gasteiger partial charge in [-0.05, 0) is 19.1 Å². The molecule has 0 saturated carbocycles. The summed E-state index contributed by atoms with van der Waals surface area (Å²) in [7, 11) is 0. The van der Waals surface area contributed by atoms with E-state index < -0.39 is 11.9 Å². The van der Waals surface area contributed by atoms with Gasteiger partial charge in [0.25, 0.3) is 0 Å². The summed E-state index contributed by atoms with van der Waals surface area (Å²) < 4.78 is 4.95. The lowest BCUT2D eigenvalue weighted by atomic mass is 10.1. The number of hydrogen-bond acceptors (Lipinski definition) is 6. The first-order valence-electron chi connectivity index (χ1n) is 7.49. The van der Waals surface area contributed by atoms with E-state index in [4.69, 9.17) is 9.84 Å². The summed E-state index contributed by atoms with van der Waals surface area (Å²) in [6.07, 6.45) is 0. The highest BCUT2D eigenvalue weighted by molar-refractivity contribution is 5.94. The smallest absolute Gasteiger partial charge is 0.361 e. The SMILES string of the molecule is CCOC(=O)c1n[nH]nc1-c1ccc(-c2cccc(C(=O)O)n2)cc1. The number of ether oxygens (including phenoxy) is 1. The molecule has 0 unspecified atom stereocenters. The quantitative estimate of drug-likeness (QED) is 0.686. The summed E-state index contributed by atoms with van der Waals surface area (Å²) in [4.78, 5) is 27.0. The van der Waals surface area contributed by atoms with Crippen molar-refractivity contribution in [2.75, 3.05) is 6.61 Å². The molecule has 0 aliphatic rings. The van der Waals surface area contributed by atoms with Crippen molar-refractivity contribution in [2.24, 2.45) is 0 Å². The topological polar surface area (TPSA) is 118 Å². The van der Waals surface area contributed by atoms with Crippen molar-refractivity contribution >= 4 is 11.9 Å². The fourth-order valence-corrected chi connectivity index (χ4v) is 2.29. The van der Waals surface area contributed by atoms with Gasteiger partial charge in [-0.15, -0.1) is 5.10 Å². The number of carbonyl (C=O) groups is 2. The molecular weight excluding hydrogens is 324 g/mol. The molecule has 0 amide bonds. The Balaban J connectivity index is 1.91. The number of aromatic amines is 1. The number of esters is 1. The van der Waals surface area contributed by atoms with Gasteiger partial charge in [0.2, 0.25) is 0 Å². The summed E-state index contributed by atoms with van der Waals surface area (Å²) in [5.41, 5.74) is 2.43. The Morgan fingerprint density at radius 2 is 1.80 bits per heavy atom. The fraction of sp³-hybridized carbons (Fsp3) is 0.118. The van der Waals surface area contributed by atoms with Crippen LogP contribution in [0.4, 0.5) is 0 Å². The van der Waals surface area contributed by atoms with Crippen LogP contribution in [0.2, 0.25) is 0 Å². The number of aromatic nitrogens is 4. The first kappa shape index (κ1) is 16.3. The molecular formula is C17H14N4O4. The zero-order valence-electron chi connectivity index (χ0n) is 13.3. The predicted molar refractivity (Wildman–Crippen MR) is 88.0 cm³/mol. The molecule has 0 atom stereocenters. The normalized spacial score (nSPS) is 10.4. The molecule has 25 heavy (non-hydrogen) atoms. The van der Waals surface area contributed by atoms with Crippen LogP contribution in [-0.4, -0.2) is 44.0 Å². The molecule has 0 radical (unpaired) electrons. The van der Waals surface area contributed by atoms with Gasteiger partial charge in [-0.2, -0.15) is 10.3 Å². The molecule has 8 nitrogen and oxygen atoms in total. The maximum Gasteiger partial charge on any atom is 0.361 e. The first-order chi connectivity index (χ1) is 12.1. The van der Waals surface area contributed by atoms with Gasteiger partial charge in [0.1, 0.15) is 11.4 Å². The van der Waals surface area contributed by atoms with Gasteiger partial charge in [-0.3, -0.25) is 0 Å². The third-order valence-electron chi connectivity index (χ3n) is 3.44. The average Bonchev–Trinajstić information content (AvgIpc) is 3.12. The molecule has 0 spiro atoms. The zero-order valence-corrected chi connectivity index (χ0v) is 13.3. The maximum absolute atomic E-state index is 11.9. The van der Waals surface area contributed by atoms with Crippen molar-refractivity contribution in [1.29, 1.82) is 0 Å². The van der Waals surface area contributed by atoms with E-state index in [2.05, 4.69) is 20.4 Å². The predicted octanol–water partition coefficient (Wildman–Crippen LogP) is 2.41. The number of H-pyrrole nitrogens is 1. The summed E-state index contributed by atoms with van der Waals surface area (Å²) in [5.74, 6) is -1.63. The minimum Gasteiger partial charge on any atom is -0.477 e. The second-order valence-electron chi connectivity index (χ2n) is 5.03. The van der Waals surface area contributed by atoms with Gasteiger partial charge in [0.15, 0.2) is 5.69 Å². The highest BCUT2D eigenvalue weighted by atomic mass is 16.5. The molecule has 3 rings (SSSR count). The van der Waals surface area contributed by atoms with Gasteiger partial charge in [0, 0.05) is 11.1 Å². The molecule has 0 saturated heterocycles. The number of carboxylic acids is 1. The number of nitrogens with one attached hydrogen (secondary N) is 1. The van der Waals surface area contributed by atoms with E-state index in [9.17, 15) is 9.59 Å². The molecule has 0 aliphatic heterocycles. The Bertz CT molecular complexity index is 918. The monoisotopic (exact) mass is 338 g/mol. The minimum absolute atomic E-state index is 0.0253. The van der Waals surface area contributed by atoms with Crippen LogP contribution >= 0.6 is 0 Å². The lowest BCUT2D eigenvalue weighted by molar-refractivity contribution is 0.0519. The van der Waals surface area contributed by atoms with Gasteiger partial charge in [-0.1, -0.05) is 30.3 Å². The number of benzene rings is 1. The molecule has 8 heteroatoms. The molecule has 126 valence electrons. The van der Waals surface area contributed by atoms with Crippen molar-refractivity contribution in [1.82, 2.24) is 20.4 Å². The van der Waals surface area contributed by atoms with Crippen molar-refractivity contribution in [2.45, 2.75) is 6.92 Å². The Kier molecular flexibility index (Phi) is 4.51. The van der Waals surface area contributed by atoms with Gasteiger partial charge in [-0.25, -0.2) is 14.6 Å². The molecule has 2 aromatic heterocycles. The third kappa shape index (κ3) is 3.37. The summed E-state index contributed by atoms with van der Waals surface area (Å²) in [6, 6.07) is 11.8. The van der Waals surface area contributed by atoms with Crippen LogP contribution in [0.15, 0.2) is 42.5 Å². The molecule has 0 bridgehead atoms. The number of aromatic carboxylic acids is 1. The van der Waals surface area contributed by atoms with Crippen molar-refractivity contribution in [3.05, 3.63) is 53.9 Å². The van der Waals surface area contributed by atoms with E-state index in [0.29, 0.717) is 17.0 Å². The number of rotatable bonds is 5. The Morgan fingerprint density at radius 1 is 1.08 bits per heavy atom. The lowest BCUT2D eigenvalue weighted by Gasteiger charge is -2.04. The number of hydrogen-bond donors (Lipinski definition) is 2. The second kappa shape index (κ2) is 6.91. The number of carboxylic acid groups (broad SMARTS) is 1. The standard InChI is InChI=1S/C17H14N4O4/c1-2-25-17(24)15-14(19-21-20-15)11-8-6-10(7-9-11)12-4-3-5-13(18-12)16(22)23/h3-9H,2H2,1H3,(H,22,23)(H,19,20,21). The number of carbonyl (C=O) groups excluding carboxylic acids is 1. The minimum atomic E-state index is -1.08. The van der Waals surface area contributed by atoms with Gasteiger partial charge < -0.3 is 9.84 Å². The molecule has 3 aromatic rings. The largest absolute Gasteiger partial charge is 0.477 e. The fourth-order valence-electron chi connectivity index (χ4n) is 2.29. The van der Waals surface area contributed by atoms with Gasteiger partial charge >= 0.3 is 11.9 Å². The third-order valence-corrected chi connectivity index (χ3v) is 3.44. The summed E-state index contributed by atoms with van der Waals surface area (Å²) in [6.45, 7) is 1.96. The highest BCUT2D eigenvalue weighted by Crippen LogP contribution is 2.24. The molecule has 1 aromatic carbocycles. The molecule has 2 N–H and O–H groups in total. The van der Waals surface area contributed by atoms with E-state index in [-0.39, 0.29) is 18.0 Å². The van der Waals surface area contributed by atoms with Crippen LogP contribution in [0.1, 0.15) is 27.9 Å². The summed E-state index contributed by atoms with van der Waals surface area (Å²) >= 11 is 0. The van der Waals surface area contributed by atoms with Crippen LogP contribution in [0.5, 0.6) is 0 Å². The van der Waals surface area contributed by atoms with E-state index in [1.165, 1.54) is 6.07 Å². The Labute approximate surface area is 142 Å². The van der Waals surface area contributed by atoms with Crippen LogP contribution in [0.25, 0.3) is 22.5 Å². The van der Waals surface area contributed by atoms with Crippen LogP contribution in [-0.2, 0) is 4.74 Å². The number of pyridine rings is 1. The van der Waals surface area contributed by atoms with E-state index in [1.54, 1.807) is 43.3 Å². The van der Waals surface area contributed by atoms with Crippen molar-refractivity contribution in [3.8, 4) is 22.5 Å². The first-order valence-corrected chi connectivity index (χ1v) is 7.49. The van der Waals surface area contributed by atoms with Crippen molar-refractivity contribution in [3.63, 3.8) is 0 Å². The molecule has 2 heterocycles. The Morgan fingerprint density at radius 3 is 2.48 bits per heavy atom. The molecule has 0 aliphatic carbocycles. The van der Waals surface area contributed by atoms with Gasteiger partial charge in [0.05, 0.1) is 12.3 Å². The second-order valence-corrected chi connectivity index (χ2v) is 5.03. The average molecular weight is 338 g/mol. The van der Waals surface area contributed by atoms with Crippen LogP contribution in [0.3, 0.4) is 0 Å². The zero-order chi connectivity index (χ0) is 17.8. The highest BCUT2D eigenvalue weighted by Gasteiger charge is 2.19. The maximum atomic E-state index is 11.9. The van der Waals surface area contributed by atoms with E-state index >= 15 is 0 Å². The van der Waals surface area contributed by atoms with Crippen LogP contribution < -0.4 is 0 Å². The van der Waals surface area contributed by atoms with Crippen molar-refractivity contribution < 1.29 is 19.4 Å². The lowest BCUT2D eigenvalue weighted by Crippen LogP contribution is -2.06. The number of nitrogens with zero attached hydrogens (tertiary/aromatic N) is 3. The van der Waals surface area contributed by atoms with E-state index in [0.717, 1.165) is 5.56 Å². The Hall–Kier alpha value is -3.55. The molecule has 0 fully saturated rings.